The molecule has 30 heavy (non-hydrogen) atoms. The molecule has 3 rings (SSSR count). The summed E-state index contributed by atoms with van der Waals surface area (Å²) in [6.45, 7) is 1.05. The topological polar surface area (TPSA) is 72.0 Å². The van der Waals surface area contributed by atoms with Gasteiger partial charge in [-0.15, -0.1) is 13.2 Å². The standard InChI is InChI=1S/C18H20F5N3O4/c1-11-3-2-6-26(15(11)27)12-7-17(19,20)10-25(9-12)16(28)29-14-5-4-13(8-24-14)30-18(21,22)23/h4-5,8,11-12H,2-3,6-7,9-10H2,1H3/t11?,12-/m1/s1. The Morgan fingerprint density at radius 1 is 1.30 bits per heavy atom. The lowest BCUT2D eigenvalue weighted by atomic mass is 9.94. The van der Waals surface area contributed by atoms with Crippen molar-refractivity contribution >= 4 is 12.0 Å². The predicted octanol–water partition coefficient (Wildman–Crippen LogP) is 3.45. The molecular formula is C18H20F5N3O4. The summed E-state index contributed by atoms with van der Waals surface area (Å²) in [5.41, 5.74) is 0. The minimum absolute atomic E-state index is 0.137. The third-order valence-corrected chi connectivity index (χ3v) is 4.96. The highest BCUT2D eigenvalue weighted by molar-refractivity contribution is 5.79. The van der Waals surface area contributed by atoms with E-state index in [9.17, 15) is 31.5 Å². The van der Waals surface area contributed by atoms with Crippen LogP contribution in [-0.4, -0.2) is 64.7 Å². The fraction of sp³-hybridized carbons (Fsp3) is 0.611. The quantitative estimate of drug-likeness (QED) is 0.678. The fourth-order valence-corrected chi connectivity index (χ4v) is 3.64. The molecule has 0 saturated carbocycles. The number of rotatable bonds is 3. The number of carbonyl (C=O) groups is 2. The van der Waals surface area contributed by atoms with Crippen LogP contribution in [0.2, 0.25) is 0 Å². The van der Waals surface area contributed by atoms with Gasteiger partial charge in [0.2, 0.25) is 11.8 Å². The second kappa shape index (κ2) is 8.23. The molecule has 0 radical (unpaired) electrons. The van der Waals surface area contributed by atoms with E-state index in [1.54, 1.807) is 6.92 Å². The van der Waals surface area contributed by atoms with E-state index in [2.05, 4.69) is 9.72 Å². The van der Waals surface area contributed by atoms with Crippen molar-refractivity contribution in [1.82, 2.24) is 14.8 Å². The Morgan fingerprint density at radius 2 is 2.03 bits per heavy atom. The lowest BCUT2D eigenvalue weighted by Gasteiger charge is -2.44. The van der Waals surface area contributed by atoms with E-state index in [1.165, 1.54) is 4.90 Å². The van der Waals surface area contributed by atoms with Gasteiger partial charge in [-0.25, -0.2) is 18.6 Å². The third kappa shape index (κ3) is 5.48. The van der Waals surface area contributed by atoms with E-state index >= 15 is 0 Å². The van der Waals surface area contributed by atoms with Gasteiger partial charge in [0.05, 0.1) is 18.8 Å². The molecule has 1 aromatic heterocycles. The molecule has 2 amide bonds. The van der Waals surface area contributed by atoms with E-state index in [-0.39, 0.29) is 24.2 Å². The van der Waals surface area contributed by atoms with Crippen LogP contribution in [0.4, 0.5) is 26.7 Å². The molecule has 0 aromatic carbocycles. The van der Waals surface area contributed by atoms with Crippen LogP contribution in [0.3, 0.4) is 0 Å². The number of amides is 2. The molecule has 2 saturated heterocycles. The van der Waals surface area contributed by atoms with Gasteiger partial charge in [0.1, 0.15) is 5.75 Å². The normalized spacial score (nSPS) is 24.5. The lowest BCUT2D eigenvalue weighted by molar-refractivity contribution is -0.274. The number of halogens is 5. The van der Waals surface area contributed by atoms with Crippen LogP contribution in [0, 0.1) is 5.92 Å². The molecule has 0 N–H and O–H groups in total. The van der Waals surface area contributed by atoms with Gasteiger partial charge in [0.25, 0.3) is 5.92 Å². The number of alkyl halides is 5. The number of carbonyl (C=O) groups excluding carboxylic acids is 2. The number of likely N-dealkylation sites (tertiary alicyclic amines) is 2. The average Bonchev–Trinajstić information content (AvgIpc) is 2.63. The molecule has 2 fully saturated rings. The number of hydrogen-bond acceptors (Lipinski definition) is 5. The Labute approximate surface area is 168 Å². The molecule has 2 aliphatic rings. The number of piperidine rings is 2. The van der Waals surface area contributed by atoms with Crippen LogP contribution >= 0.6 is 0 Å². The molecular weight excluding hydrogens is 417 g/mol. The van der Waals surface area contributed by atoms with E-state index in [0.29, 0.717) is 25.6 Å². The molecule has 0 aliphatic carbocycles. The molecule has 3 heterocycles. The van der Waals surface area contributed by atoms with Crippen LogP contribution in [0.25, 0.3) is 0 Å². The predicted molar refractivity (Wildman–Crippen MR) is 92.0 cm³/mol. The van der Waals surface area contributed by atoms with Gasteiger partial charge in [-0.1, -0.05) is 6.92 Å². The summed E-state index contributed by atoms with van der Waals surface area (Å²) >= 11 is 0. The largest absolute Gasteiger partial charge is 0.573 e. The van der Waals surface area contributed by atoms with E-state index in [1.807, 2.05) is 0 Å². The highest BCUT2D eigenvalue weighted by Crippen LogP contribution is 2.32. The second-order valence-corrected chi connectivity index (χ2v) is 7.42. The smallest absolute Gasteiger partial charge is 0.404 e. The average molecular weight is 437 g/mol. The van der Waals surface area contributed by atoms with Crippen LogP contribution < -0.4 is 9.47 Å². The van der Waals surface area contributed by atoms with Crippen molar-refractivity contribution in [3.63, 3.8) is 0 Å². The van der Waals surface area contributed by atoms with Crippen LogP contribution in [0.1, 0.15) is 26.2 Å². The van der Waals surface area contributed by atoms with Crippen molar-refractivity contribution in [1.29, 1.82) is 0 Å². The van der Waals surface area contributed by atoms with Gasteiger partial charge in [0.15, 0.2) is 0 Å². The first-order valence-corrected chi connectivity index (χ1v) is 9.30. The highest BCUT2D eigenvalue weighted by atomic mass is 19.4. The first-order chi connectivity index (χ1) is 13.9. The van der Waals surface area contributed by atoms with Gasteiger partial charge in [-0.3, -0.25) is 9.69 Å². The maximum atomic E-state index is 14.3. The Hall–Kier alpha value is -2.66. The van der Waals surface area contributed by atoms with Crippen molar-refractivity contribution in [3.8, 4) is 11.6 Å². The Balaban J connectivity index is 1.66. The zero-order chi connectivity index (χ0) is 22.1. The zero-order valence-electron chi connectivity index (χ0n) is 16.0. The van der Waals surface area contributed by atoms with Crippen LogP contribution in [-0.2, 0) is 4.79 Å². The number of nitrogens with zero attached hydrogens (tertiary/aromatic N) is 3. The van der Waals surface area contributed by atoms with Crippen molar-refractivity contribution in [2.24, 2.45) is 5.92 Å². The molecule has 7 nitrogen and oxygen atoms in total. The summed E-state index contributed by atoms with van der Waals surface area (Å²) in [7, 11) is 0. The monoisotopic (exact) mass is 437 g/mol. The first kappa shape index (κ1) is 22.0. The summed E-state index contributed by atoms with van der Waals surface area (Å²) in [6.07, 6.45) is -4.53. The molecule has 2 atom stereocenters. The Kier molecular flexibility index (Phi) is 6.04. The number of ether oxygens (including phenoxy) is 2. The van der Waals surface area contributed by atoms with Crippen molar-refractivity contribution in [2.45, 2.75) is 44.5 Å². The molecule has 0 spiro atoms. The minimum atomic E-state index is -4.91. The summed E-state index contributed by atoms with van der Waals surface area (Å²) in [6, 6.07) is 0.978. The van der Waals surface area contributed by atoms with E-state index < -0.39 is 43.1 Å². The molecule has 2 aliphatic heterocycles. The summed E-state index contributed by atoms with van der Waals surface area (Å²) in [5, 5.41) is 0. The van der Waals surface area contributed by atoms with Crippen LogP contribution in [0.15, 0.2) is 18.3 Å². The van der Waals surface area contributed by atoms with Gasteiger partial charge in [-0.05, 0) is 18.9 Å². The number of pyridine rings is 1. The highest BCUT2D eigenvalue weighted by Gasteiger charge is 2.46. The maximum Gasteiger partial charge on any atom is 0.573 e. The third-order valence-electron chi connectivity index (χ3n) is 4.96. The van der Waals surface area contributed by atoms with E-state index in [0.717, 1.165) is 17.0 Å². The van der Waals surface area contributed by atoms with Gasteiger partial charge in [-0.2, -0.15) is 0 Å². The van der Waals surface area contributed by atoms with Gasteiger partial charge in [0, 0.05) is 31.5 Å². The maximum absolute atomic E-state index is 14.3. The van der Waals surface area contributed by atoms with Crippen molar-refractivity contribution < 1.29 is 41.0 Å². The Bertz CT molecular complexity index is 787. The minimum Gasteiger partial charge on any atom is -0.404 e. The number of hydrogen-bond donors (Lipinski definition) is 0. The van der Waals surface area contributed by atoms with Gasteiger partial charge < -0.3 is 14.4 Å². The van der Waals surface area contributed by atoms with Crippen molar-refractivity contribution in [3.05, 3.63) is 18.3 Å². The summed E-state index contributed by atoms with van der Waals surface area (Å²) < 4.78 is 73.6. The molecule has 0 bridgehead atoms. The summed E-state index contributed by atoms with van der Waals surface area (Å²) in [5.74, 6) is -4.71. The SMILES string of the molecule is CC1CCCN([C@H]2CN(C(=O)Oc3ccc(OC(F)(F)F)cn3)CC(F)(F)C2)C1=O. The molecule has 12 heteroatoms. The summed E-state index contributed by atoms with van der Waals surface area (Å²) in [4.78, 5) is 30.4. The lowest BCUT2D eigenvalue weighted by Crippen LogP contribution is -2.60. The molecule has 1 aromatic rings. The molecule has 1 unspecified atom stereocenters. The van der Waals surface area contributed by atoms with E-state index in [4.69, 9.17) is 4.74 Å². The number of aromatic nitrogens is 1. The van der Waals surface area contributed by atoms with Crippen LogP contribution in [0.5, 0.6) is 11.6 Å². The Morgan fingerprint density at radius 3 is 2.67 bits per heavy atom. The van der Waals surface area contributed by atoms with Gasteiger partial charge >= 0.3 is 12.5 Å². The zero-order valence-corrected chi connectivity index (χ0v) is 16.0. The van der Waals surface area contributed by atoms with Crippen molar-refractivity contribution in [2.75, 3.05) is 19.6 Å². The first-order valence-electron chi connectivity index (χ1n) is 9.30. The molecule has 166 valence electrons. The fourth-order valence-electron chi connectivity index (χ4n) is 3.64. The second-order valence-electron chi connectivity index (χ2n) is 7.42.